The summed E-state index contributed by atoms with van der Waals surface area (Å²) in [6, 6.07) is 0. The highest BCUT2D eigenvalue weighted by atomic mass is 16.6. The zero-order chi connectivity index (χ0) is 52.2. The highest BCUT2D eigenvalue weighted by Gasteiger charge is 2.19. The molecule has 0 unspecified atom stereocenters. The van der Waals surface area contributed by atoms with E-state index in [0.717, 1.165) is 57.8 Å². The Hall–Kier alpha value is -2.11. The summed E-state index contributed by atoms with van der Waals surface area (Å²) in [4.78, 5) is 38.3. The van der Waals surface area contributed by atoms with E-state index in [0.29, 0.717) is 19.3 Å². The molecule has 0 fully saturated rings. The summed E-state index contributed by atoms with van der Waals surface area (Å²) < 4.78 is 17.0. The van der Waals surface area contributed by atoms with Crippen LogP contribution in [0, 0.1) is 0 Å². The number of esters is 3. The first-order chi connectivity index (χ1) is 35.5. The summed E-state index contributed by atoms with van der Waals surface area (Å²) in [5.74, 6) is -0.844. The smallest absolute Gasteiger partial charge is 0.306 e. The Kier molecular flexibility index (Phi) is 59.6. The third-order valence-corrected chi connectivity index (χ3v) is 14.7. The first-order valence-electron chi connectivity index (χ1n) is 32.3. The van der Waals surface area contributed by atoms with Crippen LogP contribution in [0.25, 0.3) is 0 Å². The fourth-order valence-corrected chi connectivity index (χ4v) is 9.79. The summed E-state index contributed by atoms with van der Waals surface area (Å²) in [6.45, 7) is 6.70. The number of rotatable bonds is 60. The van der Waals surface area contributed by atoms with Crippen LogP contribution < -0.4 is 0 Å². The number of hydrogen-bond donors (Lipinski definition) is 0. The Labute approximate surface area is 449 Å². The Morgan fingerprint density at radius 2 is 0.458 bits per heavy atom. The molecule has 0 rings (SSSR count). The van der Waals surface area contributed by atoms with Gasteiger partial charge in [0.25, 0.3) is 0 Å². The minimum absolute atomic E-state index is 0.0673. The van der Waals surface area contributed by atoms with Gasteiger partial charge >= 0.3 is 17.9 Å². The quantitative estimate of drug-likeness (QED) is 0.0261. The number of carbonyl (C=O) groups excluding carboxylic acids is 3. The molecule has 0 aliphatic rings. The average Bonchev–Trinajstić information content (AvgIpc) is 3.38. The molecule has 0 radical (unpaired) electrons. The molecule has 0 aliphatic carbocycles. The summed E-state index contributed by atoms with van der Waals surface area (Å²) in [6.07, 6.45) is 73.2. The normalized spacial score (nSPS) is 12.1. The molecule has 72 heavy (non-hydrogen) atoms. The summed E-state index contributed by atoms with van der Waals surface area (Å²) >= 11 is 0. The number of allylic oxidation sites excluding steroid dienone is 4. The molecule has 0 aliphatic heterocycles. The van der Waals surface area contributed by atoms with Crippen molar-refractivity contribution in [3.05, 3.63) is 24.3 Å². The van der Waals surface area contributed by atoms with Gasteiger partial charge in [0.05, 0.1) is 0 Å². The second kappa shape index (κ2) is 61.4. The Balaban J connectivity index is 4.32. The number of hydrogen-bond acceptors (Lipinski definition) is 6. The van der Waals surface area contributed by atoms with Crippen LogP contribution in [0.1, 0.15) is 361 Å². The molecule has 0 aromatic carbocycles. The van der Waals surface area contributed by atoms with Crippen LogP contribution in [0.5, 0.6) is 0 Å². The van der Waals surface area contributed by atoms with Crippen LogP contribution in [0.3, 0.4) is 0 Å². The van der Waals surface area contributed by atoms with Crippen molar-refractivity contribution in [1.82, 2.24) is 0 Å². The molecule has 0 N–H and O–H groups in total. The predicted octanol–water partition coefficient (Wildman–Crippen LogP) is 21.8. The minimum Gasteiger partial charge on any atom is -0.462 e. The first kappa shape index (κ1) is 69.9. The van der Waals surface area contributed by atoms with Crippen molar-refractivity contribution in [3.8, 4) is 0 Å². The maximum atomic E-state index is 12.9. The number of ether oxygens (including phenoxy) is 3. The van der Waals surface area contributed by atoms with E-state index in [2.05, 4.69) is 45.1 Å². The standard InChI is InChI=1S/C66H124O6/c1-4-7-10-13-16-19-22-25-28-31-33-35-38-41-44-47-50-53-56-59-65(68)71-62-63(61-70-64(67)58-55-52-49-46-43-40-37-30-27-24-21-18-15-12-9-6-3)72-66(69)60-57-54-51-48-45-42-39-36-34-32-29-26-23-20-17-14-11-8-5-2/h25-26,28-29,63H,4-24,27,30-62H2,1-3H3/b28-25+,29-26+/t63-/m1/s1. The largest absolute Gasteiger partial charge is 0.462 e. The Morgan fingerprint density at radius 1 is 0.264 bits per heavy atom. The molecular weight excluding hydrogens is 889 g/mol. The topological polar surface area (TPSA) is 78.9 Å². The Morgan fingerprint density at radius 3 is 0.694 bits per heavy atom. The zero-order valence-electron chi connectivity index (χ0n) is 48.7. The lowest BCUT2D eigenvalue weighted by molar-refractivity contribution is -0.167. The predicted molar refractivity (Wildman–Crippen MR) is 312 cm³/mol. The van der Waals surface area contributed by atoms with E-state index in [-0.39, 0.29) is 31.1 Å². The van der Waals surface area contributed by atoms with E-state index in [1.54, 1.807) is 0 Å². The molecule has 0 spiro atoms. The highest BCUT2D eigenvalue weighted by Crippen LogP contribution is 2.17. The van der Waals surface area contributed by atoms with Gasteiger partial charge in [0, 0.05) is 19.3 Å². The second-order valence-corrected chi connectivity index (χ2v) is 22.0. The molecule has 0 saturated carbocycles. The van der Waals surface area contributed by atoms with Gasteiger partial charge in [0.1, 0.15) is 13.2 Å². The minimum atomic E-state index is -0.770. The lowest BCUT2D eigenvalue weighted by Crippen LogP contribution is -2.30. The van der Waals surface area contributed by atoms with Crippen LogP contribution >= 0.6 is 0 Å². The molecule has 0 aromatic rings. The fraction of sp³-hybridized carbons (Fsp3) is 0.894. The monoisotopic (exact) mass is 1010 g/mol. The van der Waals surface area contributed by atoms with E-state index in [4.69, 9.17) is 14.2 Å². The van der Waals surface area contributed by atoms with Gasteiger partial charge in [-0.15, -0.1) is 0 Å². The van der Waals surface area contributed by atoms with E-state index >= 15 is 0 Å². The lowest BCUT2D eigenvalue weighted by atomic mass is 10.0. The summed E-state index contributed by atoms with van der Waals surface area (Å²) in [5.41, 5.74) is 0. The van der Waals surface area contributed by atoms with Gasteiger partial charge < -0.3 is 14.2 Å². The third kappa shape index (κ3) is 58.8. The van der Waals surface area contributed by atoms with Crippen LogP contribution in [0.4, 0.5) is 0 Å². The van der Waals surface area contributed by atoms with Gasteiger partial charge in [-0.1, -0.05) is 295 Å². The van der Waals surface area contributed by atoms with Crippen LogP contribution in [0.15, 0.2) is 24.3 Å². The van der Waals surface area contributed by atoms with E-state index < -0.39 is 6.10 Å². The van der Waals surface area contributed by atoms with Gasteiger partial charge in [-0.25, -0.2) is 0 Å². The van der Waals surface area contributed by atoms with Crippen molar-refractivity contribution in [2.75, 3.05) is 13.2 Å². The molecule has 6 heteroatoms. The van der Waals surface area contributed by atoms with E-state index in [9.17, 15) is 14.4 Å². The van der Waals surface area contributed by atoms with E-state index in [1.165, 1.54) is 263 Å². The zero-order valence-corrected chi connectivity index (χ0v) is 48.7. The van der Waals surface area contributed by atoms with Gasteiger partial charge in [0.15, 0.2) is 6.10 Å². The molecular formula is C66H124O6. The highest BCUT2D eigenvalue weighted by molar-refractivity contribution is 5.71. The molecule has 0 saturated heterocycles. The first-order valence-corrected chi connectivity index (χ1v) is 32.3. The van der Waals surface area contributed by atoms with Crippen molar-refractivity contribution in [2.45, 2.75) is 367 Å². The van der Waals surface area contributed by atoms with E-state index in [1.807, 2.05) is 0 Å². The molecule has 0 aromatic heterocycles. The van der Waals surface area contributed by atoms with Crippen molar-refractivity contribution >= 4 is 17.9 Å². The summed E-state index contributed by atoms with van der Waals surface area (Å²) in [7, 11) is 0. The Bertz CT molecular complexity index is 1160. The molecule has 0 heterocycles. The second-order valence-electron chi connectivity index (χ2n) is 22.0. The molecule has 1 atom stereocenters. The summed E-state index contributed by atoms with van der Waals surface area (Å²) in [5, 5.41) is 0. The lowest BCUT2D eigenvalue weighted by Gasteiger charge is -2.18. The van der Waals surface area contributed by atoms with Crippen LogP contribution in [-0.4, -0.2) is 37.2 Å². The van der Waals surface area contributed by atoms with Crippen molar-refractivity contribution in [1.29, 1.82) is 0 Å². The number of unbranched alkanes of at least 4 members (excludes halogenated alkanes) is 45. The fourth-order valence-electron chi connectivity index (χ4n) is 9.79. The van der Waals surface area contributed by atoms with Crippen LogP contribution in [0.2, 0.25) is 0 Å². The number of carbonyl (C=O) groups is 3. The SMILES string of the molecule is CCCCCCCC/C=C/CCCCCCCCCCCC(=O)OC[C@@H](COC(=O)CCCCCCCCCCCCCCCCCC)OC(=O)CCCCCCCCCCC/C=C/CCCCCCCC. The van der Waals surface area contributed by atoms with Gasteiger partial charge in [0.2, 0.25) is 0 Å². The van der Waals surface area contributed by atoms with Crippen molar-refractivity contribution < 1.29 is 28.6 Å². The van der Waals surface area contributed by atoms with Gasteiger partial charge in [-0.05, 0) is 70.6 Å². The third-order valence-electron chi connectivity index (χ3n) is 14.7. The van der Waals surface area contributed by atoms with Gasteiger partial charge in [-0.2, -0.15) is 0 Å². The van der Waals surface area contributed by atoms with Crippen LogP contribution in [-0.2, 0) is 28.6 Å². The maximum Gasteiger partial charge on any atom is 0.306 e. The van der Waals surface area contributed by atoms with Crippen molar-refractivity contribution in [3.63, 3.8) is 0 Å². The molecule has 424 valence electrons. The molecule has 0 bridgehead atoms. The average molecular weight is 1010 g/mol. The maximum absolute atomic E-state index is 12.9. The van der Waals surface area contributed by atoms with Crippen molar-refractivity contribution in [2.24, 2.45) is 0 Å². The molecule has 6 nitrogen and oxygen atoms in total. The molecule has 0 amide bonds. The van der Waals surface area contributed by atoms with Gasteiger partial charge in [-0.3, -0.25) is 14.4 Å².